The van der Waals surface area contributed by atoms with Crippen molar-refractivity contribution in [3.05, 3.63) is 35.9 Å². The third-order valence-electron chi connectivity index (χ3n) is 2.53. The van der Waals surface area contributed by atoms with Crippen molar-refractivity contribution in [2.45, 2.75) is 31.9 Å². The van der Waals surface area contributed by atoms with Crippen LogP contribution in [0.4, 0.5) is 0 Å². The molecule has 1 aromatic rings. The van der Waals surface area contributed by atoms with E-state index >= 15 is 0 Å². The van der Waals surface area contributed by atoms with Crippen LogP contribution in [0, 0.1) is 0 Å². The van der Waals surface area contributed by atoms with E-state index in [9.17, 15) is 4.79 Å². The number of hydrogen-bond acceptors (Lipinski definition) is 3. The Morgan fingerprint density at radius 3 is 2.53 bits per heavy atom. The Kier molecular flexibility index (Phi) is 5.66. The first-order chi connectivity index (χ1) is 8.11. The summed E-state index contributed by atoms with van der Waals surface area (Å²) in [4.78, 5) is 11.1. The van der Waals surface area contributed by atoms with Crippen molar-refractivity contribution in [1.29, 1.82) is 0 Å². The normalized spacial score (nSPS) is 14.2. The van der Waals surface area contributed by atoms with Gasteiger partial charge in [-0.2, -0.15) is 0 Å². The second-order valence-electron chi connectivity index (χ2n) is 4.13. The lowest BCUT2D eigenvalue weighted by atomic mass is 10.1. The van der Waals surface area contributed by atoms with Crippen LogP contribution in [0.2, 0.25) is 0 Å². The summed E-state index contributed by atoms with van der Waals surface area (Å²) in [5.74, 6) is -0.881. The molecular formula is C13H19NO3. The van der Waals surface area contributed by atoms with Gasteiger partial charge in [0, 0.05) is 0 Å². The zero-order valence-corrected chi connectivity index (χ0v) is 9.97. The fourth-order valence-corrected chi connectivity index (χ4v) is 1.64. The summed E-state index contributed by atoms with van der Waals surface area (Å²) in [6.07, 6.45) is 1.10. The van der Waals surface area contributed by atoms with E-state index < -0.39 is 12.0 Å². The van der Waals surface area contributed by atoms with E-state index in [1.807, 2.05) is 18.2 Å². The number of aliphatic carboxylic acids is 1. The molecule has 0 amide bonds. The molecule has 4 nitrogen and oxygen atoms in total. The van der Waals surface area contributed by atoms with E-state index in [2.05, 4.69) is 5.32 Å². The third-order valence-corrected chi connectivity index (χ3v) is 2.53. The standard InChI is InChI=1S/C13H19NO3/c1-10(15)6-5-9-14-12(13(16)17)11-7-3-2-4-8-11/h2-4,7-8,10,12,14-15H,5-6,9H2,1H3,(H,16,17). The molecule has 1 rings (SSSR count). The zero-order valence-electron chi connectivity index (χ0n) is 9.97. The van der Waals surface area contributed by atoms with Crippen LogP contribution in [-0.4, -0.2) is 28.8 Å². The molecule has 0 spiro atoms. The zero-order chi connectivity index (χ0) is 12.7. The van der Waals surface area contributed by atoms with Crippen molar-refractivity contribution in [2.75, 3.05) is 6.54 Å². The average molecular weight is 237 g/mol. The number of nitrogens with one attached hydrogen (secondary N) is 1. The molecule has 1 aromatic carbocycles. The summed E-state index contributed by atoms with van der Waals surface area (Å²) >= 11 is 0. The van der Waals surface area contributed by atoms with Gasteiger partial charge in [0.25, 0.3) is 0 Å². The van der Waals surface area contributed by atoms with Gasteiger partial charge >= 0.3 is 5.97 Å². The molecule has 4 heteroatoms. The van der Waals surface area contributed by atoms with Crippen molar-refractivity contribution < 1.29 is 15.0 Å². The molecule has 94 valence electrons. The fourth-order valence-electron chi connectivity index (χ4n) is 1.64. The smallest absolute Gasteiger partial charge is 0.325 e. The fraction of sp³-hybridized carbons (Fsp3) is 0.462. The Morgan fingerprint density at radius 2 is 2.00 bits per heavy atom. The van der Waals surface area contributed by atoms with Crippen LogP contribution >= 0.6 is 0 Å². The first-order valence-corrected chi connectivity index (χ1v) is 5.80. The number of carboxylic acid groups (broad SMARTS) is 1. The second kappa shape index (κ2) is 7.04. The molecule has 0 aliphatic heterocycles. The van der Waals surface area contributed by atoms with Crippen LogP contribution in [0.15, 0.2) is 30.3 Å². The minimum Gasteiger partial charge on any atom is -0.480 e. The molecule has 0 heterocycles. The highest BCUT2D eigenvalue weighted by Gasteiger charge is 2.18. The molecule has 0 saturated carbocycles. The van der Waals surface area contributed by atoms with Crippen LogP contribution in [-0.2, 0) is 4.79 Å². The van der Waals surface area contributed by atoms with Gasteiger partial charge in [0.05, 0.1) is 6.10 Å². The Hall–Kier alpha value is -1.39. The van der Waals surface area contributed by atoms with Crippen molar-refractivity contribution >= 4 is 5.97 Å². The number of aliphatic hydroxyl groups is 1. The van der Waals surface area contributed by atoms with Gasteiger partial charge in [0.2, 0.25) is 0 Å². The monoisotopic (exact) mass is 237 g/mol. The summed E-state index contributed by atoms with van der Waals surface area (Å²) in [6.45, 7) is 2.31. The highest BCUT2D eigenvalue weighted by atomic mass is 16.4. The molecular weight excluding hydrogens is 218 g/mol. The quantitative estimate of drug-likeness (QED) is 0.629. The van der Waals surface area contributed by atoms with Gasteiger partial charge in [0.1, 0.15) is 6.04 Å². The number of carbonyl (C=O) groups is 1. The van der Waals surface area contributed by atoms with E-state index in [1.165, 1.54) is 0 Å². The van der Waals surface area contributed by atoms with Gasteiger partial charge in [-0.25, -0.2) is 0 Å². The maximum absolute atomic E-state index is 11.1. The highest BCUT2D eigenvalue weighted by molar-refractivity contribution is 5.75. The molecule has 0 aromatic heterocycles. The number of aliphatic hydroxyl groups excluding tert-OH is 1. The summed E-state index contributed by atoms with van der Waals surface area (Å²) in [7, 11) is 0. The molecule has 3 N–H and O–H groups in total. The predicted molar refractivity (Wildman–Crippen MR) is 65.7 cm³/mol. The molecule has 0 saturated heterocycles. The summed E-state index contributed by atoms with van der Waals surface area (Å²) in [5, 5.41) is 21.2. The van der Waals surface area contributed by atoms with Crippen LogP contribution in [0.3, 0.4) is 0 Å². The lowest BCUT2D eigenvalue weighted by Crippen LogP contribution is -2.29. The van der Waals surface area contributed by atoms with E-state index in [1.54, 1.807) is 19.1 Å². The predicted octanol–water partition coefficient (Wildman–Crippen LogP) is 1.56. The first-order valence-electron chi connectivity index (χ1n) is 5.80. The molecule has 0 bridgehead atoms. The lowest BCUT2D eigenvalue weighted by Gasteiger charge is -2.15. The molecule has 2 atom stereocenters. The molecule has 0 radical (unpaired) electrons. The summed E-state index contributed by atoms with van der Waals surface area (Å²) in [6, 6.07) is 8.41. The highest BCUT2D eigenvalue weighted by Crippen LogP contribution is 2.12. The number of carboxylic acids is 1. The molecule has 0 fully saturated rings. The number of rotatable bonds is 7. The SMILES string of the molecule is CC(O)CCCNC(C(=O)O)c1ccccc1. The van der Waals surface area contributed by atoms with Gasteiger partial charge in [-0.05, 0) is 31.9 Å². The Bertz CT molecular complexity index is 338. The minimum atomic E-state index is -0.881. The first kappa shape index (κ1) is 13.7. The van der Waals surface area contributed by atoms with Gasteiger partial charge in [-0.15, -0.1) is 0 Å². The summed E-state index contributed by atoms with van der Waals surface area (Å²) in [5.41, 5.74) is 0.747. The molecule has 0 aliphatic rings. The molecule has 17 heavy (non-hydrogen) atoms. The molecule has 2 unspecified atom stereocenters. The lowest BCUT2D eigenvalue weighted by molar-refractivity contribution is -0.139. The van der Waals surface area contributed by atoms with Crippen LogP contribution in [0.5, 0.6) is 0 Å². The second-order valence-corrected chi connectivity index (χ2v) is 4.13. The third kappa shape index (κ3) is 4.97. The van der Waals surface area contributed by atoms with Crippen LogP contribution < -0.4 is 5.32 Å². The van der Waals surface area contributed by atoms with Crippen molar-refractivity contribution in [3.63, 3.8) is 0 Å². The Morgan fingerprint density at radius 1 is 1.35 bits per heavy atom. The van der Waals surface area contributed by atoms with Crippen LogP contribution in [0.25, 0.3) is 0 Å². The summed E-state index contributed by atoms with van der Waals surface area (Å²) < 4.78 is 0. The topological polar surface area (TPSA) is 69.6 Å². The van der Waals surface area contributed by atoms with Crippen molar-refractivity contribution in [3.8, 4) is 0 Å². The average Bonchev–Trinajstić information content (AvgIpc) is 2.29. The van der Waals surface area contributed by atoms with E-state index in [4.69, 9.17) is 10.2 Å². The van der Waals surface area contributed by atoms with E-state index in [0.29, 0.717) is 13.0 Å². The maximum Gasteiger partial charge on any atom is 0.325 e. The van der Waals surface area contributed by atoms with Crippen LogP contribution in [0.1, 0.15) is 31.4 Å². The van der Waals surface area contributed by atoms with E-state index in [0.717, 1.165) is 12.0 Å². The number of benzene rings is 1. The Balaban J connectivity index is 2.48. The van der Waals surface area contributed by atoms with Crippen molar-refractivity contribution in [2.24, 2.45) is 0 Å². The van der Waals surface area contributed by atoms with Crippen molar-refractivity contribution in [1.82, 2.24) is 5.32 Å². The van der Waals surface area contributed by atoms with Gasteiger partial charge in [-0.3, -0.25) is 4.79 Å². The van der Waals surface area contributed by atoms with Gasteiger partial charge in [-0.1, -0.05) is 30.3 Å². The van der Waals surface area contributed by atoms with Gasteiger partial charge in [0.15, 0.2) is 0 Å². The molecule has 0 aliphatic carbocycles. The minimum absolute atomic E-state index is 0.336. The number of hydrogen-bond donors (Lipinski definition) is 3. The maximum atomic E-state index is 11.1. The van der Waals surface area contributed by atoms with Gasteiger partial charge < -0.3 is 15.5 Å². The van der Waals surface area contributed by atoms with E-state index in [-0.39, 0.29) is 6.10 Å². The largest absolute Gasteiger partial charge is 0.480 e. The Labute approximate surface area is 101 Å².